The van der Waals surface area contributed by atoms with Gasteiger partial charge in [0.2, 0.25) is 0 Å². The minimum absolute atomic E-state index is 0.138. The van der Waals surface area contributed by atoms with Gasteiger partial charge in [0.25, 0.3) is 0 Å². The third-order valence-electron chi connectivity index (χ3n) is 2.10. The molecule has 0 bridgehead atoms. The van der Waals surface area contributed by atoms with Crippen LogP contribution in [0.5, 0.6) is 11.5 Å². The molecule has 3 heteroatoms. The van der Waals surface area contributed by atoms with E-state index < -0.39 is 0 Å². The lowest BCUT2D eigenvalue weighted by molar-refractivity contribution is 0.475. The minimum Gasteiger partial charge on any atom is -0.508 e. The zero-order valence-electron chi connectivity index (χ0n) is 8.54. The third-order valence-corrected chi connectivity index (χ3v) is 2.10. The summed E-state index contributed by atoms with van der Waals surface area (Å²) in [6.07, 6.45) is 1.59. The molecule has 16 heavy (non-hydrogen) atoms. The molecule has 0 saturated heterocycles. The molecule has 0 aromatic heterocycles. The van der Waals surface area contributed by atoms with Crippen LogP contribution in [0, 0.1) is 0 Å². The highest BCUT2D eigenvalue weighted by Gasteiger charge is 1.95. The van der Waals surface area contributed by atoms with Crippen LogP contribution in [0.1, 0.15) is 5.56 Å². The Morgan fingerprint density at radius 3 is 2.50 bits per heavy atom. The Kier molecular flexibility index (Phi) is 2.87. The second-order valence-corrected chi connectivity index (χ2v) is 3.34. The van der Waals surface area contributed by atoms with Gasteiger partial charge in [0, 0.05) is 6.21 Å². The lowest BCUT2D eigenvalue weighted by atomic mass is 10.2. The van der Waals surface area contributed by atoms with Crippen LogP contribution < -0.4 is 0 Å². The summed E-state index contributed by atoms with van der Waals surface area (Å²) in [5.74, 6) is 0.333. The Hall–Kier alpha value is -2.29. The molecule has 2 aromatic rings. The van der Waals surface area contributed by atoms with E-state index in [-0.39, 0.29) is 11.5 Å². The highest BCUT2D eigenvalue weighted by atomic mass is 16.3. The molecule has 3 nitrogen and oxygen atoms in total. The van der Waals surface area contributed by atoms with E-state index in [1.54, 1.807) is 48.7 Å². The first-order chi connectivity index (χ1) is 7.75. The maximum absolute atomic E-state index is 9.48. The van der Waals surface area contributed by atoms with Crippen LogP contribution in [0.15, 0.2) is 53.5 Å². The molecule has 0 unspecified atom stereocenters. The van der Waals surface area contributed by atoms with Gasteiger partial charge in [-0.1, -0.05) is 24.3 Å². The number of phenols is 2. The molecule has 0 atom stereocenters. The van der Waals surface area contributed by atoms with Crippen LogP contribution in [-0.2, 0) is 0 Å². The molecular weight excluding hydrogens is 202 g/mol. The fourth-order valence-corrected chi connectivity index (χ4v) is 1.32. The minimum atomic E-state index is 0.138. The fraction of sp³-hybridized carbons (Fsp3) is 0. The molecule has 0 spiro atoms. The molecule has 2 rings (SSSR count). The molecular formula is C13H11NO2. The van der Waals surface area contributed by atoms with Crippen LogP contribution in [0.4, 0.5) is 5.69 Å². The zero-order chi connectivity index (χ0) is 11.4. The number of aliphatic imine (C=N–C) groups is 1. The van der Waals surface area contributed by atoms with Gasteiger partial charge in [-0.15, -0.1) is 0 Å². The van der Waals surface area contributed by atoms with Gasteiger partial charge < -0.3 is 10.2 Å². The van der Waals surface area contributed by atoms with Crippen molar-refractivity contribution in [3.05, 3.63) is 54.1 Å². The van der Waals surface area contributed by atoms with Gasteiger partial charge in [0.05, 0.1) is 0 Å². The number of phenolic OH excluding ortho intramolecular Hbond substituents is 2. The van der Waals surface area contributed by atoms with Crippen LogP contribution in [0.3, 0.4) is 0 Å². The van der Waals surface area contributed by atoms with E-state index in [0.717, 1.165) is 5.56 Å². The molecule has 0 aliphatic heterocycles. The van der Waals surface area contributed by atoms with Crippen molar-refractivity contribution in [3.8, 4) is 11.5 Å². The van der Waals surface area contributed by atoms with E-state index in [9.17, 15) is 10.2 Å². The Morgan fingerprint density at radius 1 is 0.938 bits per heavy atom. The van der Waals surface area contributed by atoms with Crippen molar-refractivity contribution in [1.82, 2.24) is 0 Å². The molecule has 0 radical (unpaired) electrons. The molecule has 0 aliphatic rings. The monoisotopic (exact) mass is 213 g/mol. The quantitative estimate of drug-likeness (QED) is 0.753. The number of nitrogens with zero attached hydrogens (tertiary/aromatic N) is 1. The Balaban J connectivity index is 2.25. The SMILES string of the molecule is Oc1cccc(C=Nc2ccccc2O)c1. The van der Waals surface area contributed by atoms with Crippen molar-refractivity contribution < 1.29 is 10.2 Å². The number of hydrogen-bond donors (Lipinski definition) is 2. The average molecular weight is 213 g/mol. The lowest BCUT2D eigenvalue weighted by Gasteiger charge is -1.97. The third kappa shape index (κ3) is 2.39. The first-order valence-electron chi connectivity index (χ1n) is 4.87. The topological polar surface area (TPSA) is 52.8 Å². The molecule has 0 heterocycles. The normalized spacial score (nSPS) is 10.8. The number of hydrogen-bond acceptors (Lipinski definition) is 3. The van der Waals surface area contributed by atoms with Crippen molar-refractivity contribution in [2.45, 2.75) is 0 Å². The molecule has 0 saturated carbocycles. The highest BCUT2D eigenvalue weighted by molar-refractivity contribution is 5.83. The van der Waals surface area contributed by atoms with E-state index >= 15 is 0 Å². The first-order valence-corrected chi connectivity index (χ1v) is 4.87. The summed E-state index contributed by atoms with van der Waals surface area (Å²) in [6.45, 7) is 0. The summed E-state index contributed by atoms with van der Waals surface area (Å²) < 4.78 is 0. The summed E-state index contributed by atoms with van der Waals surface area (Å²) in [4.78, 5) is 4.13. The van der Waals surface area contributed by atoms with Gasteiger partial charge >= 0.3 is 0 Å². The number of para-hydroxylation sites is 2. The number of rotatable bonds is 2. The summed E-state index contributed by atoms with van der Waals surface area (Å²) in [6, 6.07) is 13.6. The van der Waals surface area contributed by atoms with Crippen molar-refractivity contribution in [3.63, 3.8) is 0 Å². The highest BCUT2D eigenvalue weighted by Crippen LogP contribution is 2.24. The van der Waals surface area contributed by atoms with Gasteiger partial charge in [-0.05, 0) is 29.8 Å². The summed E-state index contributed by atoms with van der Waals surface area (Å²) >= 11 is 0. The van der Waals surface area contributed by atoms with Gasteiger partial charge in [-0.2, -0.15) is 0 Å². The molecule has 0 amide bonds. The number of aromatic hydroxyl groups is 2. The van der Waals surface area contributed by atoms with Crippen LogP contribution in [0.25, 0.3) is 0 Å². The predicted octanol–water partition coefficient (Wildman–Crippen LogP) is 2.85. The second-order valence-electron chi connectivity index (χ2n) is 3.34. The molecule has 2 N–H and O–H groups in total. The van der Waals surface area contributed by atoms with Gasteiger partial charge in [-0.3, -0.25) is 4.99 Å². The second kappa shape index (κ2) is 4.49. The standard InChI is InChI=1S/C13H11NO2/c15-11-5-3-4-10(8-11)9-14-12-6-1-2-7-13(12)16/h1-9,15-16H. The largest absolute Gasteiger partial charge is 0.508 e. The van der Waals surface area contributed by atoms with Crippen LogP contribution >= 0.6 is 0 Å². The van der Waals surface area contributed by atoms with Crippen LogP contribution in [0.2, 0.25) is 0 Å². The van der Waals surface area contributed by atoms with Gasteiger partial charge in [0.15, 0.2) is 0 Å². The van der Waals surface area contributed by atoms with E-state index in [1.807, 2.05) is 6.07 Å². The lowest BCUT2D eigenvalue weighted by Crippen LogP contribution is -1.79. The maximum Gasteiger partial charge on any atom is 0.141 e. The Labute approximate surface area is 93.3 Å². The van der Waals surface area contributed by atoms with Crippen molar-refractivity contribution in [1.29, 1.82) is 0 Å². The van der Waals surface area contributed by atoms with E-state index in [1.165, 1.54) is 0 Å². The van der Waals surface area contributed by atoms with Gasteiger partial charge in [-0.25, -0.2) is 0 Å². The van der Waals surface area contributed by atoms with Gasteiger partial charge in [0.1, 0.15) is 17.2 Å². The van der Waals surface area contributed by atoms with E-state index in [0.29, 0.717) is 5.69 Å². The predicted molar refractivity (Wildman–Crippen MR) is 63.5 cm³/mol. The van der Waals surface area contributed by atoms with E-state index in [2.05, 4.69) is 4.99 Å². The summed E-state index contributed by atoms with van der Waals surface area (Å²) in [5.41, 5.74) is 1.29. The average Bonchev–Trinajstić information content (AvgIpc) is 2.28. The number of benzene rings is 2. The van der Waals surface area contributed by atoms with Crippen molar-refractivity contribution >= 4 is 11.9 Å². The fourth-order valence-electron chi connectivity index (χ4n) is 1.32. The maximum atomic E-state index is 9.48. The van der Waals surface area contributed by atoms with E-state index in [4.69, 9.17) is 0 Å². The molecule has 0 fully saturated rings. The first kappa shape index (κ1) is 10.2. The molecule has 2 aromatic carbocycles. The van der Waals surface area contributed by atoms with Crippen LogP contribution in [-0.4, -0.2) is 16.4 Å². The molecule has 80 valence electrons. The van der Waals surface area contributed by atoms with Crippen molar-refractivity contribution in [2.75, 3.05) is 0 Å². The molecule has 0 aliphatic carbocycles. The van der Waals surface area contributed by atoms with Crippen molar-refractivity contribution in [2.24, 2.45) is 4.99 Å². The Morgan fingerprint density at radius 2 is 1.75 bits per heavy atom. The summed E-state index contributed by atoms with van der Waals surface area (Å²) in [5, 5.41) is 18.7. The summed E-state index contributed by atoms with van der Waals surface area (Å²) in [7, 11) is 0. The smallest absolute Gasteiger partial charge is 0.141 e. The Bertz CT molecular complexity index is 521. The zero-order valence-corrected chi connectivity index (χ0v) is 8.54.